The first-order valence-electron chi connectivity index (χ1n) is 8.56. The first kappa shape index (κ1) is 18.4. The van der Waals surface area contributed by atoms with Crippen LogP contribution in [0.25, 0.3) is 0 Å². The van der Waals surface area contributed by atoms with Gasteiger partial charge >= 0.3 is 0 Å². The molecule has 1 aliphatic rings. The van der Waals surface area contributed by atoms with Crippen molar-refractivity contribution in [1.82, 2.24) is 0 Å². The fraction of sp³-hybridized carbons (Fsp3) is 0.316. The van der Waals surface area contributed by atoms with E-state index in [0.29, 0.717) is 25.3 Å². The number of hydrogen-bond donors (Lipinski definition) is 1. The Labute approximate surface area is 153 Å². The fourth-order valence-electron chi connectivity index (χ4n) is 2.84. The molecule has 6 nitrogen and oxygen atoms in total. The molecule has 0 aromatic heterocycles. The predicted octanol–water partition coefficient (Wildman–Crippen LogP) is 2.42. The highest BCUT2D eigenvalue weighted by Crippen LogP contribution is 2.20. The number of carbonyl (C=O) groups is 1. The molecule has 0 bridgehead atoms. The molecular formula is C19H22N2O4S. The van der Waals surface area contributed by atoms with Crippen LogP contribution >= 0.6 is 0 Å². The maximum atomic E-state index is 12.2. The van der Waals surface area contributed by atoms with Crippen LogP contribution < -0.4 is 9.62 Å². The number of morpholine rings is 1. The average molecular weight is 374 g/mol. The van der Waals surface area contributed by atoms with Gasteiger partial charge in [-0.3, -0.25) is 9.52 Å². The van der Waals surface area contributed by atoms with Gasteiger partial charge in [-0.1, -0.05) is 30.3 Å². The molecule has 1 heterocycles. The first-order chi connectivity index (χ1) is 12.5. The van der Waals surface area contributed by atoms with Gasteiger partial charge in [-0.2, -0.15) is 0 Å². The standard InChI is InChI=1S/C19H22N2O4S/c22-19-15-25-13-12-21(19)18-10-8-17(9-11-18)20-26(23,24)14-4-7-16-5-2-1-3-6-16/h1-3,5-6,8-11,20H,4,7,12-15H2. The lowest BCUT2D eigenvalue weighted by atomic mass is 10.1. The van der Waals surface area contributed by atoms with E-state index in [2.05, 4.69) is 4.72 Å². The van der Waals surface area contributed by atoms with Crippen LogP contribution in [0.4, 0.5) is 11.4 Å². The maximum Gasteiger partial charge on any atom is 0.253 e. The summed E-state index contributed by atoms with van der Waals surface area (Å²) in [5.41, 5.74) is 2.36. The highest BCUT2D eigenvalue weighted by molar-refractivity contribution is 7.92. The minimum Gasteiger partial charge on any atom is -0.370 e. The molecule has 2 aromatic rings. The van der Waals surface area contributed by atoms with Crippen molar-refractivity contribution in [3.63, 3.8) is 0 Å². The van der Waals surface area contributed by atoms with Crippen LogP contribution in [0.15, 0.2) is 54.6 Å². The topological polar surface area (TPSA) is 75.7 Å². The van der Waals surface area contributed by atoms with Crippen molar-refractivity contribution in [2.45, 2.75) is 12.8 Å². The summed E-state index contributed by atoms with van der Waals surface area (Å²) in [4.78, 5) is 13.5. The largest absolute Gasteiger partial charge is 0.370 e. The number of aryl methyl sites for hydroxylation is 1. The Morgan fingerprint density at radius 3 is 2.46 bits per heavy atom. The Bertz CT molecular complexity index is 836. The van der Waals surface area contributed by atoms with Crippen LogP contribution in [-0.2, 0) is 26.0 Å². The Morgan fingerprint density at radius 2 is 1.77 bits per heavy atom. The van der Waals surface area contributed by atoms with E-state index in [9.17, 15) is 13.2 Å². The van der Waals surface area contributed by atoms with Gasteiger partial charge in [0.1, 0.15) is 6.61 Å². The lowest BCUT2D eigenvalue weighted by Crippen LogP contribution is -2.41. The molecule has 0 radical (unpaired) electrons. The molecule has 7 heteroatoms. The van der Waals surface area contributed by atoms with Crippen LogP contribution in [0.5, 0.6) is 0 Å². The minimum absolute atomic E-state index is 0.0611. The Balaban J connectivity index is 1.54. The maximum absolute atomic E-state index is 12.2. The second kappa shape index (κ2) is 8.33. The summed E-state index contributed by atoms with van der Waals surface area (Å²) in [7, 11) is -3.40. The third kappa shape index (κ3) is 5.06. The van der Waals surface area contributed by atoms with E-state index >= 15 is 0 Å². The van der Waals surface area contributed by atoms with Crippen LogP contribution in [-0.4, -0.2) is 39.8 Å². The number of amides is 1. The molecule has 3 rings (SSSR count). The minimum atomic E-state index is -3.40. The van der Waals surface area contributed by atoms with Crippen molar-refractivity contribution < 1.29 is 17.9 Å². The molecule has 0 aliphatic carbocycles. The Kier molecular flexibility index (Phi) is 5.90. The van der Waals surface area contributed by atoms with E-state index in [0.717, 1.165) is 17.7 Å². The molecule has 0 atom stereocenters. The monoisotopic (exact) mass is 374 g/mol. The van der Waals surface area contributed by atoms with Gasteiger partial charge < -0.3 is 9.64 Å². The summed E-state index contributed by atoms with van der Waals surface area (Å²) < 4.78 is 32.2. The quantitative estimate of drug-likeness (QED) is 0.808. The summed E-state index contributed by atoms with van der Waals surface area (Å²) >= 11 is 0. The van der Waals surface area contributed by atoms with Crippen molar-refractivity contribution in [2.24, 2.45) is 0 Å². The van der Waals surface area contributed by atoms with Crippen molar-refractivity contribution in [3.05, 3.63) is 60.2 Å². The molecule has 0 spiro atoms. The van der Waals surface area contributed by atoms with E-state index < -0.39 is 10.0 Å². The summed E-state index contributed by atoms with van der Waals surface area (Å²) in [5, 5.41) is 0. The number of benzene rings is 2. The average Bonchev–Trinajstić information content (AvgIpc) is 2.63. The number of carbonyl (C=O) groups excluding carboxylic acids is 1. The summed E-state index contributed by atoms with van der Waals surface area (Å²) in [6.45, 7) is 1.08. The van der Waals surface area contributed by atoms with Gasteiger partial charge in [0.15, 0.2) is 0 Å². The van der Waals surface area contributed by atoms with Crippen molar-refractivity contribution in [1.29, 1.82) is 0 Å². The molecule has 138 valence electrons. The smallest absolute Gasteiger partial charge is 0.253 e. The Hall–Kier alpha value is -2.38. The third-order valence-corrected chi connectivity index (χ3v) is 5.53. The highest BCUT2D eigenvalue weighted by Gasteiger charge is 2.20. The number of anilines is 2. The van der Waals surface area contributed by atoms with Gasteiger partial charge in [-0.25, -0.2) is 8.42 Å². The van der Waals surface area contributed by atoms with Crippen LogP contribution in [0.1, 0.15) is 12.0 Å². The zero-order chi connectivity index (χ0) is 18.4. The van der Waals surface area contributed by atoms with E-state index in [-0.39, 0.29) is 18.3 Å². The van der Waals surface area contributed by atoms with Gasteiger partial charge in [0.25, 0.3) is 5.91 Å². The predicted molar refractivity (Wildman–Crippen MR) is 102 cm³/mol. The summed E-state index contributed by atoms with van der Waals surface area (Å²) in [5.74, 6) is -0.0310. The Morgan fingerprint density at radius 1 is 1.04 bits per heavy atom. The third-order valence-electron chi connectivity index (χ3n) is 4.16. The normalized spacial score (nSPS) is 15.1. The van der Waals surface area contributed by atoms with Gasteiger partial charge in [-0.15, -0.1) is 0 Å². The zero-order valence-electron chi connectivity index (χ0n) is 14.4. The fourth-order valence-corrected chi connectivity index (χ4v) is 3.96. The van der Waals surface area contributed by atoms with Crippen LogP contribution in [0.3, 0.4) is 0 Å². The number of hydrogen-bond acceptors (Lipinski definition) is 4. The summed E-state index contributed by atoms with van der Waals surface area (Å²) in [6.07, 6.45) is 1.28. The number of ether oxygens (including phenoxy) is 1. The second-order valence-corrected chi connectivity index (χ2v) is 8.00. The van der Waals surface area contributed by atoms with Gasteiger partial charge in [0.2, 0.25) is 10.0 Å². The first-order valence-corrected chi connectivity index (χ1v) is 10.2. The van der Waals surface area contributed by atoms with Crippen molar-refractivity contribution in [3.8, 4) is 0 Å². The van der Waals surface area contributed by atoms with Crippen molar-refractivity contribution >= 4 is 27.3 Å². The number of nitrogens with one attached hydrogen (secondary N) is 1. The van der Waals surface area contributed by atoms with Gasteiger partial charge in [-0.05, 0) is 42.7 Å². The van der Waals surface area contributed by atoms with Crippen molar-refractivity contribution in [2.75, 3.05) is 35.1 Å². The summed E-state index contributed by atoms with van der Waals surface area (Å²) in [6, 6.07) is 16.6. The van der Waals surface area contributed by atoms with Gasteiger partial charge in [0, 0.05) is 17.9 Å². The van der Waals surface area contributed by atoms with E-state index in [1.54, 1.807) is 29.2 Å². The molecule has 0 unspecified atom stereocenters. The van der Waals surface area contributed by atoms with Crippen LogP contribution in [0, 0.1) is 0 Å². The second-order valence-electron chi connectivity index (χ2n) is 6.15. The highest BCUT2D eigenvalue weighted by atomic mass is 32.2. The van der Waals surface area contributed by atoms with E-state index in [4.69, 9.17) is 4.74 Å². The number of nitrogens with zero attached hydrogens (tertiary/aromatic N) is 1. The SMILES string of the molecule is O=C1COCCN1c1ccc(NS(=O)(=O)CCCc2ccccc2)cc1. The molecular weight excluding hydrogens is 352 g/mol. The molecule has 1 amide bonds. The lowest BCUT2D eigenvalue weighted by Gasteiger charge is -2.26. The molecule has 0 saturated carbocycles. The van der Waals surface area contributed by atoms with E-state index in [1.165, 1.54) is 0 Å². The zero-order valence-corrected chi connectivity index (χ0v) is 15.2. The number of sulfonamides is 1. The molecule has 1 fully saturated rings. The lowest BCUT2D eigenvalue weighted by molar-refractivity contribution is -0.125. The van der Waals surface area contributed by atoms with Crippen LogP contribution in [0.2, 0.25) is 0 Å². The molecule has 26 heavy (non-hydrogen) atoms. The molecule has 2 aromatic carbocycles. The molecule has 1 saturated heterocycles. The molecule has 1 N–H and O–H groups in total. The molecule has 1 aliphatic heterocycles. The van der Waals surface area contributed by atoms with Gasteiger partial charge in [0.05, 0.1) is 12.4 Å². The number of rotatable bonds is 7. The van der Waals surface area contributed by atoms with E-state index in [1.807, 2.05) is 30.3 Å².